The van der Waals surface area contributed by atoms with E-state index < -0.39 is 6.09 Å². The fourth-order valence-electron chi connectivity index (χ4n) is 2.11. The van der Waals surface area contributed by atoms with Gasteiger partial charge in [0.25, 0.3) is 0 Å². The number of aliphatic hydroxyl groups excluding tert-OH is 1. The zero-order chi connectivity index (χ0) is 11.0. The van der Waals surface area contributed by atoms with Crippen molar-refractivity contribution in [1.29, 1.82) is 0 Å². The summed E-state index contributed by atoms with van der Waals surface area (Å²) in [6, 6.07) is 0. The van der Waals surface area contributed by atoms with Crippen LogP contribution in [0, 0.1) is 10.8 Å². The summed E-state index contributed by atoms with van der Waals surface area (Å²) < 4.78 is 0. The molecule has 3 N–H and O–H groups in total. The Bertz CT molecular complexity index is 226. The first-order valence-electron chi connectivity index (χ1n) is 4.92. The molecule has 1 rings (SSSR count). The van der Waals surface area contributed by atoms with Gasteiger partial charge in [0.1, 0.15) is 0 Å². The van der Waals surface area contributed by atoms with Crippen LogP contribution in [0.2, 0.25) is 0 Å². The van der Waals surface area contributed by atoms with E-state index >= 15 is 0 Å². The standard InChI is InChI=1S/C10H19NO3/c1-9(2,3)10(4-7(12)5-10)6-11-8(13)14/h7,11-12H,4-6H2,1-3H3,(H,13,14). The minimum Gasteiger partial charge on any atom is -0.465 e. The predicted molar refractivity (Wildman–Crippen MR) is 53.2 cm³/mol. The van der Waals surface area contributed by atoms with Crippen molar-refractivity contribution < 1.29 is 15.0 Å². The summed E-state index contributed by atoms with van der Waals surface area (Å²) in [4.78, 5) is 10.4. The molecule has 1 fully saturated rings. The Morgan fingerprint density at radius 3 is 2.29 bits per heavy atom. The van der Waals surface area contributed by atoms with Crippen LogP contribution in [0.1, 0.15) is 33.6 Å². The third-order valence-corrected chi connectivity index (χ3v) is 3.42. The number of hydrogen-bond acceptors (Lipinski definition) is 2. The lowest BCUT2D eigenvalue weighted by Crippen LogP contribution is -2.55. The zero-order valence-corrected chi connectivity index (χ0v) is 9.00. The summed E-state index contributed by atoms with van der Waals surface area (Å²) in [5, 5.41) is 20.3. The van der Waals surface area contributed by atoms with E-state index in [-0.39, 0.29) is 16.9 Å². The second-order valence-corrected chi connectivity index (χ2v) is 5.25. The summed E-state index contributed by atoms with van der Waals surface area (Å²) in [6.45, 7) is 6.69. The Hall–Kier alpha value is -0.770. The lowest BCUT2D eigenvalue weighted by Gasteiger charge is -2.54. The molecule has 0 heterocycles. The molecule has 0 atom stereocenters. The van der Waals surface area contributed by atoms with E-state index in [1.54, 1.807) is 0 Å². The Morgan fingerprint density at radius 1 is 1.50 bits per heavy atom. The van der Waals surface area contributed by atoms with Crippen molar-refractivity contribution in [3.8, 4) is 0 Å². The summed E-state index contributed by atoms with van der Waals surface area (Å²) >= 11 is 0. The molecule has 14 heavy (non-hydrogen) atoms. The zero-order valence-electron chi connectivity index (χ0n) is 9.00. The van der Waals surface area contributed by atoms with E-state index in [1.165, 1.54) is 0 Å². The molecule has 0 aliphatic heterocycles. The first-order valence-corrected chi connectivity index (χ1v) is 4.92. The van der Waals surface area contributed by atoms with Gasteiger partial charge in [0.05, 0.1) is 6.10 Å². The second-order valence-electron chi connectivity index (χ2n) is 5.25. The number of amides is 1. The fourth-order valence-corrected chi connectivity index (χ4v) is 2.11. The van der Waals surface area contributed by atoms with Crippen molar-refractivity contribution in [2.75, 3.05) is 6.54 Å². The van der Waals surface area contributed by atoms with E-state index in [0.717, 1.165) is 0 Å². The molecule has 1 aliphatic carbocycles. The van der Waals surface area contributed by atoms with Crippen molar-refractivity contribution in [3.63, 3.8) is 0 Å². The molecule has 0 aromatic rings. The molecule has 0 aromatic heterocycles. The largest absolute Gasteiger partial charge is 0.465 e. The average Bonchev–Trinajstić information content (AvgIpc) is 1.92. The van der Waals surface area contributed by atoms with Crippen LogP contribution in [-0.2, 0) is 0 Å². The van der Waals surface area contributed by atoms with E-state index in [2.05, 4.69) is 26.1 Å². The van der Waals surface area contributed by atoms with Crippen LogP contribution >= 0.6 is 0 Å². The fraction of sp³-hybridized carbons (Fsp3) is 0.900. The first-order chi connectivity index (χ1) is 6.27. The van der Waals surface area contributed by atoms with Gasteiger partial charge < -0.3 is 15.5 Å². The van der Waals surface area contributed by atoms with Crippen LogP contribution < -0.4 is 5.32 Å². The van der Waals surface area contributed by atoms with Crippen molar-refractivity contribution in [2.45, 2.75) is 39.7 Å². The maximum absolute atomic E-state index is 10.4. The lowest BCUT2D eigenvalue weighted by molar-refractivity contribution is -0.0963. The van der Waals surface area contributed by atoms with Crippen LogP contribution in [0.25, 0.3) is 0 Å². The van der Waals surface area contributed by atoms with Gasteiger partial charge in [0.2, 0.25) is 0 Å². The molecule has 0 aromatic carbocycles. The van der Waals surface area contributed by atoms with Gasteiger partial charge in [-0.2, -0.15) is 0 Å². The van der Waals surface area contributed by atoms with E-state index in [1.807, 2.05) is 0 Å². The summed E-state index contributed by atoms with van der Waals surface area (Å²) in [6.07, 6.45) is 0.132. The SMILES string of the molecule is CC(C)(C)C1(CNC(=O)O)CC(O)C1. The Balaban J connectivity index is 2.61. The van der Waals surface area contributed by atoms with Crippen molar-refractivity contribution in [2.24, 2.45) is 10.8 Å². The molecule has 4 heteroatoms. The van der Waals surface area contributed by atoms with Crippen LogP contribution in [0.4, 0.5) is 4.79 Å². The summed E-state index contributed by atoms with van der Waals surface area (Å²) in [7, 11) is 0. The topological polar surface area (TPSA) is 69.6 Å². The van der Waals surface area contributed by atoms with Crippen LogP contribution in [0.3, 0.4) is 0 Å². The molecule has 0 spiro atoms. The molecule has 1 aliphatic rings. The highest BCUT2D eigenvalue weighted by atomic mass is 16.4. The minimum absolute atomic E-state index is 0.0225. The Morgan fingerprint density at radius 2 is 2.00 bits per heavy atom. The van der Waals surface area contributed by atoms with Gasteiger partial charge in [-0.05, 0) is 23.7 Å². The Labute approximate surface area is 84.3 Å². The van der Waals surface area contributed by atoms with Crippen LogP contribution in [0.5, 0.6) is 0 Å². The third kappa shape index (κ3) is 2.00. The molecule has 0 unspecified atom stereocenters. The minimum atomic E-state index is -0.991. The molecule has 0 radical (unpaired) electrons. The van der Waals surface area contributed by atoms with Gasteiger partial charge >= 0.3 is 6.09 Å². The molecule has 4 nitrogen and oxygen atoms in total. The molecule has 0 saturated heterocycles. The van der Waals surface area contributed by atoms with Gasteiger partial charge in [0.15, 0.2) is 0 Å². The molecule has 1 amide bonds. The number of rotatable bonds is 2. The van der Waals surface area contributed by atoms with Gasteiger partial charge in [-0.3, -0.25) is 0 Å². The average molecular weight is 201 g/mol. The number of carboxylic acid groups (broad SMARTS) is 1. The van der Waals surface area contributed by atoms with Gasteiger partial charge in [0, 0.05) is 6.54 Å². The quantitative estimate of drug-likeness (QED) is 0.633. The normalized spacial score (nSPS) is 32.1. The smallest absolute Gasteiger partial charge is 0.404 e. The summed E-state index contributed by atoms with van der Waals surface area (Å²) in [5.41, 5.74) is -0.0561. The second kappa shape index (κ2) is 3.42. The van der Waals surface area contributed by atoms with Crippen molar-refractivity contribution in [1.82, 2.24) is 5.32 Å². The molecule has 1 saturated carbocycles. The third-order valence-electron chi connectivity index (χ3n) is 3.42. The van der Waals surface area contributed by atoms with E-state index in [4.69, 9.17) is 5.11 Å². The molecule has 0 bridgehead atoms. The highest BCUT2D eigenvalue weighted by Crippen LogP contribution is 2.53. The highest BCUT2D eigenvalue weighted by Gasteiger charge is 2.51. The highest BCUT2D eigenvalue weighted by molar-refractivity contribution is 5.64. The van der Waals surface area contributed by atoms with Crippen molar-refractivity contribution in [3.05, 3.63) is 0 Å². The monoisotopic (exact) mass is 201 g/mol. The van der Waals surface area contributed by atoms with Gasteiger partial charge in [-0.15, -0.1) is 0 Å². The molecular weight excluding hydrogens is 182 g/mol. The summed E-state index contributed by atoms with van der Waals surface area (Å²) in [5.74, 6) is 0. The maximum atomic E-state index is 10.4. The number of aliphatic hydroxyl groups is 1. The molecule has 82 valence electrons. The van der Waals surface area contributed by atoms with Gasteiger partial charge in [-0.1, -0.05) is 20.8 Å². The van der Waals surface area contributed by atoms with Crippen LogP contribution in [0.15, 0.2) is 0 Å². The van der Waals surface area contributed by atoms with Gasteiger partial charge in [-0.25, -0.2) is 4.79 Å². The van der Waals surface area contributed by atoms with E-state index in [9.17, 15) is 9.90 Å². The Kier molecular flexibility index (Phi) is 2.76. The number of carbonyl (C=O) groups is 1. The first kappa shape index (κ1) is 11.3. The lowest BCUT2D eigenvalue weighted by atomic mass is 9.54. The molecular formula is C10H19NO3. The predicted octanol–water partition coefficient (Wildman–Crippen LogP) is 1.44. The van der Waals surface area contributed by atoms with E-state index in [0.29, 0.717) is 19.4 Å². The number of hydrogen-bond donors (Lipinski definition) is 3. The van der Waals surface area contributed by atoms with Crippen molar-refractivity contribution >= 4 is 6.09 Å². The maximum Gasteiger partial charge on any atom is 0.404 e. The van der Waals surface area contributed by atoms with Crippen LogP contribution in [-0.4, -0.2) is 29.0 Å². The number of nitrogens with one attached hydrogen (secondary N) is 1.